The van der Waals surface area contributed by atoms with Crippen molar-refractivity contribution in [3.8, 4) is 0 Å². The number of alkyl halides is 1. The second-order valence-electron chi connectivity index (χ2n) is 1.78. The maximum atomic E-state index is 3.65. The van der Waals surface area contributed by atoms with E-state index in [1.165, 1.54) is 4.43 Å². The van der Waals surface area contributed by atoms with E-state index in [1.54, 1.807) is 0 Å². The highest BCUT2D eigenvalue weighted by atomic mass is 127. The van der Waals surface area contributed by atoms with Gasteiger partial charge in [0.15, 0.2) is 0 Å². The summed E-state index contributed by atoms with van der Waals surface area (Å²) in [7, 11) is 0. The van der Waals surface area contributed by atoms with Crippen LogP contribution in [-0.2, 0) is 0 Å². The molecule has 0 aromatic heterocycles. The number of halogens is 1. The van der Waals surface area contributed by atoms with E-state index >= 15 is 0 Å². The van der Waals surface area contributed by atoms with Crippen molar-refractivity contribution in [3.05, 3.63) is 12.7 Å². The minimum atomic E-state index is 0.818. The molecule has 0 aliphatic rings. The van der Waals surface area contributed by atoms with E-state index in [2.05, 4.69) is 36.1 Å². The van der Waals surface area contributed by atoms with Gasteiger partial charge in [0.25, 0.3) is 0 Å². The van der Waals surface area contributed by atoms with Crippen molar-refractivity contribution in [1.29, 1.82) is 0 Å². The van der Waals surface area contributed by atoms with Crippen molar-refractivity contribution < 1.29 is 0 Å². The molecular formula is C6H11I. The molecule has 1 atom stereocenters. The van der Waals surface area contributed by atoms with Crippen LogP contribution in [0.3, 0.4) is 0 Å². The van der Waals surface area contributed by atoms with Crippen molar-refractivity contribution in [3.63, 3.8) is 0 Å². The number of rotatable bonds is 3. The van der Waals surface area contributed by atoms with Crippen LogP contribution in [0.25, 0.3) is 0 Å². The predicted octanol–water partition coefficient (Wildman–Crippen LogP) is 2.63. The number of hydrogen-bond donors (Lipinski definition) is 0. The molecule has 0 nitrogen and oxygen atoms in total. The van der Waals surface area contributed by atoms with E-state index in [4.69, 9.17) is 0 Å². The first-order valence-electron chi connectivity index (χ1n) is 2.48. The highest BCUT2D eigenvalue weighted by Gasteiger charge is 1.91. The summed E-state index contributed by atoms with van der Waals surface area (Å²) < 4.78 is 1.24. The largest absolute Gasteiger partial charge is 0.103 e. The average Bonchev–Trinajstić information content (AvgIpc) is 1.68. The van der Waals surface area contributed by atoms with Gasteiger partial charge in [0, 0.05) is 4.43 Å². The molecule has 0 radical (unpaired) electrons. The second kappa shape index (κ2) is 4.62. The van der Waals surface area contributed by atoms with Gasteiger partial charge < -0.3 is 0 Å². The molecule has 42 valence electrons. The van der Waals surface area contributed by atoms with Crippen LogP contribution in [0.2, 0.25) is 0 Å². The maximum absolute atomic E-state index is 3.65. The lowest BCUT2D eigenvalue weighted by Gasteiger charge is -1.98. The molecule has 0 bridgehead atoms. The molecule has 0 saturated heterocycles. The molecule has 0 unspecified atom stereocenters. The Hall–Kier alpha value is 0.470. The predicted molar refractivity (Wildman–Crippen MR) is 42.9 cm³/mol. The smallest absolute Gasteiger partial charge is 0.00240 e. The van der Waals surface area contributed by atoms with Gasteiger partial charge >= 0.3 is 0 Å². The zero-order valence-electron chi connectivity index (χ0n) is 4.65. The Morgan fingerprint density at radius 2 is 2.43 bits per heavy atom. The third kappa shape index (κ3) is 4.32. The lowest BCUT2D eigenvalue weighted by molar-refractivity contribution is 0.687. The van der Waals surface area contributed by atoms with Gasteiger partial charge in [-0.1, -0.05) is 35.6 Å². The Morgan fingerprint density at radius 3 is 2.57 bits per heavy atom. The summed E-state index contributed by atoms with van der Waals surface area (Å²) in [6.07, 6.45) is 3.13. The molecule has 0 saturated carbocycles. The Bertz CT molecular complexity index is 50.1. The van der Waals surface area contributed by atoms with Crippen LogP contribution in [-0.4, -0.2) is 4.43 Å². The van der Waals surface area contributed by atoms with Crippen LogP contribution >= 0.6 is 22.6 Å². The SMILES string of the molecule is C=CC[C@H](C)CI. The summed E-state index contributed by atoms with van der Waals surface area (Å²) in [6.45, 7) is 5.88. The van der Waals surface area contributed by atoms with Gasteiger partial charge in [-0.15, -0.1) is 6.58 Å². The van der Waals surface area contributed by atoms with Crippen molar-refractivity contribution in [2.24, 2.45) is 5.92 Å². The topological polar surface area (TPSA) is 0 Å². The van der Waals surface area contributed by atoms with Gasteiger partial charge in [0.1, 0.15) is 0 Å². The Balaban J connectivity index is 2.98. The standard InChI is InChI=1S/C6H11I/c1-3-4-6(2)5-7/h3,6H,1,4-5H2,2H3/t6-/m0/s1. The van der Waals surface area contributed by atoms with E-state index < -0.39 is 0 Å². The molecule has 0 spiro atoms. The minimum Gasteiger partial charge on any atom is -0.103 e. The fourth-order valence-corrected chi connectivity index (χ4v) is 0.707. The lowest BCUT2D eigenvalue weighted by atomic mass is 10.1. The zero-order valence-corrected chi connectivity index (χ0v) is 6.81. The number of allylic oxidation sites excluding steroid dienone is 1. The summed E-state index contributed by atoms with van der Waals surface area (Å²) in [4.78, 5) is 0. The molecule has 0 N–H and O–H groups in total. The van der Waals surface area contributed by atoms with E-state index in [1.807, 2.05) is 6.08 Å². The Kier molecular flexibility index (Phi) is 4.94. The van der Waals surface area contributed by atoms with Crippen molar-refractivity contribution in [1.82, 2.24) is 0 Å². The zero-order chi connectivity index (χ0) is 5.70. The average molecular weight is 210 g/mol. The van der Waals surface area contributed by atoms with E-state index in [0.717, 1.165) is 12.3 Å². The molecule has 7 heavy (non-hydrogen) atoms. The van der Waals surface area contributed by atoms with Crippen LogP contribution in [0.15, 0.2) is 12.7 Å². The first-order chi connectivity index (χ1) is 3.31. The molecule has 0 aromatic carbocycles. The highest BCUT2D eigenvalue weighted by molar-refractivity contribution is 14.1. The van der Waals surface area contributed by atoms with E-state index in [9.17, 15) is 0 Å². The maximum Gasteiger partial charge on any atom is 0.00240 e. The van der Waals surface area contributed by atoms with Gasteiger partial charge in [-0.2, -0.15) is 0 Å². The first-order valence-corrected chi connectivity index (χ1v) is 4.00. The second-order valence-corrected chi connectivity index (χ2v) is 2.66. The normalized spacial score (nSPS) is 13.4. The van der Waals surface area contributed by atoms with Gasteiger partial charge in [-0.05, 0) is 12.3 Å². The molecule has 0 amide bonds. The minimum absolute atomic E-state index is 0.818. The Morgan fingerprint density at radius 1 is 1.86 bits per heavy atom. The molecule has 0 aliphatic carbocycles. The summed E-state index contributed by atoms with van der Waals surface area (Å²) in [5.74, 6) is 0.818. The van der Waals surface area contributed by atoms with Gasteiger partial charge in [-0.3, -0.25) is 0 Å². The van der Waals surface area contributed by atoms with E-state index in [-0.39, 0.29) is 0 Å². The van der Waals surface area contributed by atoms with Crippen LogP contribution in [0, 0.1) is 5.92 Å². The number of hydrogen-bond acceptors (Lipinski definition) is 0. The van der Waals surface area contributed by atoms with Crippen LogP contribution in [0.1, 0.15) is 13.3 Å². The fraction of sp³-hybridized carbons (Fsp3) is 0.667. The molecule has 0 rings (SSSR count). The van der Waals surface area contributed by atoms with E-state index in [0.29, 0.717) is 0 Å². The third-order valence-electron chi connectivity index (χ3n) is 0.832. The van der Waals surface area contributed by atoms with Crippen LogP contribution < -0.4 is 0 Å². The van der Waals surface area contributed by atoms with Gasteiger partial charge in [0.2, 0.25) is 0 Å². The first kappa shape index (κ1) is 7.47. The van der Waals surface area contributed by atoms with Crippen LogP contribution in [0.5, 0.6) is 0 Å². The third-order valence-corrected chi connectivity index (χ3v) is 2.34. The lowest BCUT2D eigenvalue weighted by Crippen LogP contribution is -1.90. The summed E-state index contributed by atoms with van der Waals surface area (Å²) in [5, 5.41) is 0. The molecule has 0 aliphatic heterocycles. The van der Waals surface area contributed by atoms with Crippen molar-refractivity contribution in [2.75, 3.05) is 4.43 Å². The van der Waals surface area contributed by atoms with Crippen molar-refractivity contribution in [2.45, 2.75) is 13.3 Å². The Labute approximate surface area is 59.1 Å². The molecule has 0 fully saturated rings. The van der Waals surface area contributed by atoms with Gasteiger partial charge in [-0.25, -0.2) is 0 Å². The molecule has 1 heteroatoms. The highest BCUT2D eigenvalue weighted by Crippen LogP contribution is 2.04. The summed E-state index contributed by atoms with van der Waals surface area (Å²) in [5.41, 5.74) is 0. The molecule has 0 heterocycles. The van der Waals surface area contributed by atoms with Crippen LogP contribution in [0.4, 0.5) is 0 Å². The fourth-order valence-electron chi connectivity index (χ4n) is 0.348. The summed E-state index contributed by atoms with van der Waals surface area (Å²) >= 11 is 2.39. The van der Waals surface area contributed by atoms with Gasteiger partial charge in [0.05, 0.1) is 0 Å². The molecule has 0 aromatic rings. The van der Waals surface area contributed by atoms with Crippen molar-refractivity contribution >= 4 is 22.6 Å². The monoisotopic (exact) mass is 210 g/mol. The quantitative estimate of drug-likeness (QED) is 0.381. The molecular weight excluding hydrogens is 199 g/mol. The summed E-state index contributed by atoms with van der Waals surface area (Å²) in [6, 6.07) is 0.